The lowest BCUT2D eigenvalue weighted by atomic mass is 10.0. The molecule has 0 bridgehead atoms. The highest BCUT2D eigenvalue weighted by Gasteiger charge is 2.31. The number of aromatic nitrogens is 4. The van der Waals surface area contributed by atoms with E-state index in [0.29, 0.717) is 70.6 Å². The molecule has 1 amide bonds. The molecule has 3 heterocycles. The predicted molar refractivity (Wildman–Crippen MR) is 134 cm³/mol. The van der Waals surface area contributed by atoms with Crippen LogP contribution >= 0.6 is 0 Å². The molecule has 0 spiro atoms. The molecule has 1 saturated heterocycles. The normalized spacial score (nSPS) is 15.2. The van der Waals surface area contributed by atoms with Crippen molar-refractivity contribution in [2.24, 2.45) is 5.92 Å². The molecule has 0 saturated carbocycles. The topological polar surface area (TPSA) is 108 Å². The molecule has 3 aromatic rings. The van der Waals surface area contributed by atoms with Gasteiger partial charge in [-0.25, -0.2) is 14.6 Å². The van der Waals surface area contributed by atoms with Crippen LogP contribution in [0.4, 0.5) is 5.82 Å². The van der Waals surface area contributed by atoms with Crippen LogP contribution < -0.4 is 15.2 Å². The number of ether oxygens (including phenoxy) is 2. The fourth-order valence-electron chi connectivity index (χ4n) is 4.28. The summed E-state index contributed by atoms with van der Waals surface area (Å²) in [6.07, 6.45) is 2.85. The van der Waals surface area contributed by atoms with Gasteiger partial charge < -0.3 is 20.1 Å². The van der Waals surface area contributed by atoms with E-state index in [0.717, 1.165) is 6.42 Å². The van der Waals surface area contributed by atoms with E-state index < -0.39 is 0 Å². The van der Waals surface area contributed by atoms with Gasteiger partial charge in [-0.1, -0.05) is 26.3 Å². The van der Waals surface area contributed by atoms with E-state index in [1.54, 1.807) is 20.3 Å². The number of methoxy groups -OCH3 is 2. The van der Waals surface area contributed by atoms with Crippen molar-refractivity contribution in [1.29, 1.82) is 0 Å². The van der Waals surface area contributed by atoms with Crippen LogP contribution in [-0.4, -0.2) is 57.9 Å². The molecule has 35 heavy (non-hydrogen) atoms. The Hall–Kier alpha value is -4.06. The summed E-state index contributed by atoms with van der Waals surface area (Å²) in [4.78, 5) is 23.3. The second-order valence-corrected chi connectivity index (χ2v) is 9.00. The maximum Gasteiger partial charge on any atom is 0.249 e. The number of anilines is 1. The van der Waals surface area contributed by atoms with Gasteiger partial charge in [0.25, 0.3) is 0 Å². The fourth-order valence-corrected chi connectivity index (χ4v) is 4.28. The van der Waals surface area contributed by atoms with Crippen LogP contribution in [0, 0.1) is 17.8 Å². The van der Waals surface area contributed by atoms with Crippen LogP contribution in [-0.2, 0) is 4.79 Å². The minimum absolute atomic E-state index is 0.00112. The molecule has 0 unspecified atom stereocenters. The van der Waals surface area contributed by atoms with Crippen LogP contribution in [0.5, 0.6) is 11.5 Å². The van der Waals surface area contributed by atoms with Crippen LogP contribution in [0.2, 0.25) is 0 Å². The predicted octanol–water partition coefficient (Wildman–Crippen LogP) is 3.20. The lowest BCUT2D eigenvalue weighted by Gasteiger charge is -2.19. The monoisotopic (exact) mass is 474 g/mol. The fraction of sp³-hybridized carbons (Fsp3) is 0.385. The Kier molecular flexibility index (Phi) is 6.92. The third-order valence-corrected chi connectivity index (χ3v) is 5.95. The Labute approximate surface area is 204 Å². The standard InChI is InChI=1S/C26H30N6O3/c1-16(2)10-17(3)26(33)31-9-8-19(14-31)32-25-23(24(27)28-15-29-25)22(30-32)7-6-18-11-20(34-4)13-21(12-18)35-5/h11-13,15-16,19H,3,8-10,14H2,1-2,4-5H3,(H2,27,28,29)/t19-/m0/s1. The Morgan fingerprint density at radius 2 is 1.91 bits per heavy atom. The lowest BCUT2D eigenvalue weighted by molar-refractivity contribution is -0.126. The number of likely N-dealkylation sites (tertiary alicyclic amines) is 1. The molecule has 1 aliphatic rings. The Balaban J connectivity index is 1.66. The van der Waals surface area contributed by atoms with Crippen molar-refractivity contribution in [2.45, 2.75) is 32.7 Å². The summed E-state index contributed by atoms with van der Waals surface area (Å²) in [6.45, 7) is 9.31. The van der Waals surface area contributed by atoms with Gasteiger partial charge in [-0.3, -0.25) is 4.79 Å². The van der Waals surface area contributed by atoms with Gasteiger partial charge in [0.1, 0.15) is 29.3 Å². The van der Waals surface area contributed by atoms with Crippen LogP contribution in [0.1, 0.15) is 44.0 Å². The zero-order valence-electron chi connectivity index (χ0n) is 20.5. The average molecular weight is 475 g/mol. The van der Waals surface area contributed by atoms with Crippen molar-refractivity contribution in [3.05, 3.63) is 47.9 Å². The minimum atomic E-state index is -0.0462. The largest absolute Gasteiger partial charge is 0.497 e. The Morgan fingerprint density at radius 3 is 2.57 bits per heavy atom. The van der Waals surface area contributed by atoms with Crippen molar-refractivity contribution in [3.8, 4) is 23.3 Å². The molecule has 0 aliphatic carbocycles. The summed E-state index contributed by atoms with van der Waals surface area (Å²) in [6, 6.07) is 5.37. The maximum atomic E-state index is 12.9. The molecule has 9 nitrogen and oxygen atoms in total. The second-order valence-electron chi connectivity index (χ2n) is 9.00. The molecule has 0 radical (unpaired) electrons. The van der Waals surface area contributed by atoms with E-state index in [4.69, 9.17) is 20.3 Å². The highest BCUT2D eigenvalue weighted by Crippen LogP contribution is 2.29. The number of carbonyl (C=O) groups is 1. The molecular formula is C26H30N6O3. The van der Waals surface area contributed by atoms with Crippen molar-refractivity contribution in [3.63, 3.8) is 0 Å². The number of nitrogens with zero attached hydrogens (tertiary/aromatic N) is 5. The number of fused-ring (bicyclic) bond motifs is 1. The number of benzene rings is 1. The SMILES string of the molecule is C=C(CC(C)C)C(=O)N1CC[C@H](n2nc(C#Cc3cc(OC)cc(OC)c3)c3c(N)ncnc32)C1. The van der Waals surface area contributed by atoms with E-state index in [1.807, 2.05) is 21.7 Å². The first kappa shape index (κ1) is 24.1. The maximum absolute atomic E-state index is 12.9. The van der Waals surface area contributed by atoms with Gasteiger partial charge in [0, 0.05) is 30.3 Å². The summed E-state index contributed by atoms with van der Waals surface area (Å²) in [5.41, 5.74) is 8.63. The smallest absolute Gasteiger partial charge is 0.249 e. The zero-order valence-corrected chi connectivity index (χ0v) is 20.5. The highest BCUT2D eigenvalue weighted by molar-refractivity contribution is 5.93. The molecule has 1 aromatic carbocycles. The average Bonchev–Trinajstić information content (AvgIpc) is 3.47. The molecule has 2 N–H and O–H groups in total. The molecule has 182 valence electrons. The van der Waals surface area contributed by atoms with Gasteiger partial charge in [0.05, 0.1) is 25.6 Å². The molecule has 1 atom stereocenters. The first-order valence-corrected chi connectivity index (χ1v) is 11.5. The van der Waals surface area contributed by atoms with Crippen molar-refractivity contribution < 1.29 is 14.3 Å². The number of rotatable bonds is 6. The highest BCUT2D eigenvalue weighted by atomic mass is 16.5. The molecule has 9 heteroatoms. The van der Waals surface area contributed by atoms with Crippen LogP contribution in [0.15, 0.2) is 36.7 Å². The van der Waals surface area contributed by atoms with Crippen molar-refractivity contribution >= 4 is 22.8 Å². The molecule has 1 aliphatic heterocycles. The minimum Gasteiger partial charge on any atom is -0.497 e. The molecule has 1 fully saturated rings. The van der Waals surface area contributed by atoms with E-state index in [9.17, 15) is 4.79 Å². The van der Waals surface area contributed by atoms with Crippen molar-refractivity contribution in [2.75, 3.05) is 33.0 Å². The zero-order chi connectivity index (χ0) is 25.1. The van der Waals surface area contributed by atoms with Gasteiger partial charge >= 0.3 is 0 Å². The van der Waals surface area contributed by atoms with Crippen molar-refractivity contribution in [1.82, 2.24) is 24.6 Å². The Bertz CT molecular complexity index is 1310. The molecule has 2 aromatic heterocycles. The Morgan fingerprint density at radius 1 is 1.20 bits per heavy atom. The molecule has 4 rings (SSSR count). The van der Waals surface area contributed by atoms with Gasteiger partial charge in [-0.2, -0.15) is 5.10 Å². The second kappa shape index (κ2) is 10.1. The number of carbonyl (C=O) groups excluding carboxylic acids is 1. The van der Waals surface area contributed by atoms with Crippen LogP contribution in [0.3, 0.4) is 0 Å². The summed E-state index contributed by atoms with van der Waals surface area (Å²) in [5.74, 6) is 8.21. The van der Waals surface area contributed by atoms with Gasteiger partial charge in [0.2, 0.25) is 5.91 Å². The number of nitrogen functional groups attached to an aromatic ring is 1. The van der Waals surface area contributed by atoms with E-state index in [1.165, 1.54) is 6.33 Å². The number of nitrogens with two attached hydrogens (primary N) is 1. The quantitative estimate of drug-likeness (QED) is 0.432. The van der Waals surface area contributed by atoms with Gasteiger partial charge in [-0.15, -0.1) is 0 Å². The van der Waals surface area contributed by atoms with Crippen LogP contribution in [0.25, 0.3) is 11.0 Å². The number of hydrogen-bond donors (Lipinski definition) is 1. The van der Waals surface area contributed by atoms with E-state index in [-0.39, 0.29) is 11.9 Å². The van der Waals surface area contributed by atoms with Gasteiger partial charge in [0.15, 0.2) is 5.65 Å². The number of amides is 1. The summed E-state index contributed by atoms with van der Waals surface area (Å²) in [5, 5.41) is 5.36. The van der Waals surface area contributed by atoms with E-state index >= 15 is 0 Å². The van der Waals surface area contributed by atoms with Gasteiger partial charge in [-0.05, 0) is 36.8 Å². The third-order valence-electron chi connectivity index (χ3n) is 5.95. The lowest BCUT2D eigenvalue weighted by Crippen LogP contribution is -2.30. The van der Waals surface area contributed by atoms with E-state index in [2.05, 4.69) is 42.2 Å². The summed E-state index contributed by atoms with van der Waals surface area (Å²) < 4.78 is 12.5. The number of hydrogen-bond acceptors (Lipinski definition) is 7. The first-order valence-electron chi connectivity index (χ1n) is 11.5. The molecular weight excluding hydrogens is 444 g/mol. The summed E-state index contributed by atoms with van der Waals surface area (Å²) in [7, 11) is 3.18. The first-order chi connectivity index (χ1) is 16.8. The summed E-state index contributed by atoms with van der Waals surface area (Å²) >= 11 is 0. The third kappa shape index (κ3) is 5.06.